The molecule has 2 heterocycles. The minimum Gasteiger partial charge on any atom is -0.359 e. The Hall–Kier alpha value is -1.58. The Balaban J connectivity index is 1.65. The van der Waals surface area contributed by atoms with Gasteiger partial charge in [0, 0.05) is 18.8 Å². The van der Waals surface area contributed by atoms with E-state index < -0.39 is 0 Å². The number of pyridine rings is 1. The highest BCUT2D eigenvalue weighted by Crippen LogP contribution is 2.22. The molecule has 19 heavy (non-hydrogen) atoms. The second-order valence-corrected chi connectivity index (χ2v) is 5.55. The van der Waals surface area contributed by atoms with Crippen LogP contribution in [-0.2, 0) is 17.6 Å². The number of anilines is 1. The zero-order chi connectivity index (χ0) is 13.2. The maximum Gasteiger partial charge on any atom is 0.244 e. The zero-order valence-corrected chi connectivity index (χ0v) is 11.5. The average Bonchev–Trinajstić information content (AvgIpc) is 3.08. The van der Waals surface area contributed by atoms with Gasteiger partial charge in [-0.3, -0.25) is 4.79 Å². The van der Waals surface area contributed by atoms with E-state index in [9.17, 15) is 4.79 Å². The highest BCUT2D eigenvalue weighted by atomic mass is 16.2. The van der Waals surface area contributed by atoms with Gasteiger partial charge < -0.3 is 10.2 Å². The van der Waals surface area contributed by atoms with Crippen molar-refractivity contribution >= 4 is 11.7 Å². The minimum atomic E-state index is -0.190. The predicted molar refractivity (Wildman–Crippen MR) is 75.2 cm³/mol. The van der Waals surface area contributed by atoms with Crippen molar-refractivity contribution in [1.82, 2.24) is 9.88 Å². The van der Waals surface area contributed by atoms with Gasteiger partial charge in [0.25, 0.3) is 0 Å². The summed E-state index contributed by atoms with van der Waals surface area (Å²) < 4.78 is 0. The average molecular weight is 259 g/mol. The molecule has 1 aromatic rings. The van der Waals surface area contributed by atoms with Crippen molar-refractivity contribution in [2.75, 3.05) is 18.4 Å². The molecule has 0 saturated carbocycles. The molecule has 0 bridgehead atoms. The molecule has 0 spiro atoms. The Morgan fingerprint density at radius 2 is 2.05 bits per heavy atom. The summed E-state index contributed by atoms with van der Waals surface area (Å²) in [5, 5.41) is 3.25. The number of rotatable bonds is 3. The quantitative estimate of drug-likeness (QED) is 0.903. The zero-order valence-electron chi connectivity index (χ0n) is 11.5. The molecule has 3 rings (SSSR count). The van der Waals surface area contributed by atoms with Gasteiger partial charge in [-0.25, -0.2) is 4.98 Å². The molecule has 1 N–H and O–H groups in total. The van der Waals surface area contributed by atoms with E-state index in [2.05, 4.69) is 16.4 Å². The van der Waals surface area contributed by atoms with Gasteiger partial charge in [-0.2, -0.15) is 0 Å². The smallest absolute Gasteiger partial charge is 0.244 e. The number of carbonyl (C=O) groups excluding carboxylic acids is 1. The first kappa shape index (κ1) is 12.5. The van der Waals surface area contributed by atoms with Gasteiger partial charge in [0.1, 0.15) is 11.9 Å². The van der Waals surface area contributed by atoms with Crippen molar-refractivity contribution < 1.29 is 4.79 Å². The molecular formula is C15H21N3O. The summed E-state index contributed by atoms with van der Waals surface area (Å²) in [4.78, 5) is 18.8. The first-order valence-corrected chi connectivity index (χ1v) is 7.28. The molecule has 4 nitrogen and oxygen atoms in total. The van der Waals surface area contributed by atoms with Crippen molar-refractivity contribution in [2.24, 2.45) is 0 Å². The lowest BCUT2D eigenvalue weighted by Gasteiger charge is -2.21. The van der Waals surface area contributed by atoms with E-state index in [-0.39, 0.29) is 11.9 Å². The van der Waals surface area contributed by atoms with Crippen LogP contribution in [0.25, 0.3) is 0 Å². The number of aromatic nitrogens is 1. The Kier molecular flexibility index (Phi) is 3.40. The van der Waals surface area contributed by atoms with Gasteiger partial charge in [0.15, 0.2) is 0 Å². The fraction of sp³-hybridized carbons (Fsp3) is 0.600. The largest absolute Gasteiger partial charge is 0.359 e. The lowest BCUT2D eigenvalue weighted by atomic mass is 10.2. The molecule has 2 aliphatic rings. The van der Waals surface area contributed by atoms with Crippen LogP contribution in [0.1, 0.15) is 37.4 Å². The van der Waals surface area contributed by atoms with Crippen molar-refractivity contribution in [3.8, 4) is 0 Å². The van der Waals surface area contributed by atoms with Crippen LogP contribution in [0, 0.1) is 0 Å². The third-order valence-corrected chi connectivity index (χ3v) is 4.08. The molecular weight excluding hydrogens is 238 g/mol. The lowest BCUT2D eigenvalue weighted by Crippen LogP contribution is -2.39. The number of amides is 1. The molecule has 1 aliphatic heterocycles. The maximum atomic E-state index is 12.2. The Labute approximate surface area is 114 Å². The molecule has 1 atom stereocenters. The fourth-order valence-corrected chi connectivity index (χ4v) is 3.00. The van der Waals surface area contributed by atoms with Crippen LogP contribution in [0.15, 0.2) is 12.1 Å². The van der Waals surface area contributed by atoms with E-state index in [1.165, 1.54) is 17.7 Å². The van der Waals surface area contributed by atoms with Gasteiger partial charge in [-0.15, -0.1) is 0 Å². The number of fused-ring (bicyclic) bond motifs is 1. The molecule has 1 fully saturated rings. The van der Waals surface area contributed by atoms with Gasteiger partial charge in [0.2, 0.25) is 5.91 Å². The third kappa shape index (κ3) is 2.57. The molecule has 1 aromatic heterocycles. The lowest BCUT2D eigenvalue weighted by molar-refractivity contribution is -0.130. The topological polar surface area (TPSA) is 45.2 Å². The third-order valence-electron chi connectivity index (χ3n) is 4.08. The second-order valence-electron chi connectivity index (χ2n) is 5.55. The first-order chi connectivity index (χ1) is 9.24. The highest BCUT2D eigenvalue weighted by molar-refractivity contribution is 5.84. The number of nitrogens with zero attached hydrogens (tertiary/aromatic N) is 2. The number of nitrogens with one attached hydrogen (secondary N) is 1. The van der Waals surface area contributed by atoms with E-state index in [0.29, 0.717) is 0 Å². The van der Waals surface area contributed by atoms with Gasteiger partial charge in [-0.1, -0.05) is 6.07 Å². The highest BCUT2D eigenvalue weighted by Gasteiger charge is 2.23. The predicted octanol–water partition coefficient (Wildman–Crippen LogP) is 1.99. The molecule has 1 saturated heterocycles. The summed E-state index contributed by atoms with van der Waals surface area (Å²) in [6.07, 6.45) is 5.68. The molecule has 0 radical (unpaired) electrons. The summed E-state index contributed by atoms with van der Waals surface area (Å²) in [6, 6.07) is 3.95. The minimum absolute atomic E-state index is 0.190. The van der Waals surface area contributed by atoms with Crippen LogP contribution >= 0.6 is 0 Å². The van der Waals surface area contributed by atoms with Crippen LogP contribution in [0.2, 0.25) is 0 Å². The van der Waals surface area contributed by atoms with Crippen LogP contribution in [0.5, 0.6) is 0 Å². The molecule has 0 aromatic carbocycles. The number of hydrogen-bond donors (Lipinski definition) is 1. The summed E-state index contributed by atoms with van der Waals surface area (Å²) in [7, 11) is 0. The monoisotopic (exact) mass is 259 g/mol. The molecule has 4 heteroatoms. The Bertz CT molecular complexity index is 480. The van der Waals surface area contributed by atoms with Crippen LogP contribution < -0.4 is 5.32 Å². The summed E-state index contributed by atoms with van der Waals surface area (Å²) >= 11 is 0. The molecule has 1 aliphatic carbocycles. The van der Waals surface area contributed by atoms with Gasteiger partial charge in [-0.05, 0) is 50.7 Å². The van der Waals surface area contributed by atoms with E-state index >= 15 is 0 Å². The second kappa shape index (κ2) is 5.19. The van der Waals surface area contributed by atoms with Crippen molar-refractivity contribution in [1.29, 1.82) is 0 Å². The Morgan fingerprint density at radius 1 is 1.26 bits per heavy atom. The maximum absolute atomic E-state index is 12.2. The van der Waals surface area contributed by atoms with Crippen molar-refractivity contribution in [2.45, 2.75) is 45.1 Å². The van der Waals surface area contributed by atoms with Gasteiger partial charge in [0.05, 0.1) is 0 Å². The molecule has 1 unspecified atom stereocenters. The van der Waals surface area contributed by atoms with Gasteiger partial charge >= 0.3 is 0 Å². The number of hydrogen-bond acceptors (Lipinski definition) is 3. The molecule has 1 amide bonds. The summed E-state index contributed by atoms with van der Waals surface area (Å²) in [6.45, 7) is 3.74. The first-order valence-electron chi connectivity index (χ1n) is 7.28. The summed E-state index contributed by atoms with van der Waals surface area (Å²) in [5.41, 5.74) is 2.56. The number of aryl methyl sites for hydroxylation is 2. The van der Waals surface area contributed by atoms with Crippen LogP contribution in [0.3, 0.4) is 0 Å². The van der Waals surface area contributed by atoms with Crippen LogP contribution in [0.4, 0.5) is 5.82 Å². The van der Waals surface area contributed by atoms with E-state index in [1.807, 2.05) is 17.9 Å². The Morgan fingerprint density at radius 3 is 2.84 bits per heavy atom. The normalized spacial score (nSPS) is 19.3. The number of carbonyl (C=O) groups is 1. The van der Waals surface area contributed by atoms with E-state index in [1.54, 1.807) is 0 Å². The summed E-state index contributed by atoms with van der Waals surface area (Å²) in [5.74, 6) is 1.03. The standard InChI is InChI=1S/C15H21N3O/c1-11(15(19)18-9-2-3-10-18)16-14-8-7-12-5-4-6-13(12)17-14/h7-8,11H,2-6,9-10H2,1H3,(H,16,17). The fourth-order valence-electron chi connectivity index (χ4n) is 3.00. The van der Waals surface area contributed by atoms with E-state index in [0.717, 1.165) is 44.6 Å². The molecule has 102 valence electrons. The van der Waals surface area contributed by atoms with Crippen molar-refractivity contribution in [3.63, 3.8) is 0 Å². The number of likely N-dealkylation sites (tertiary alicyclic amines) is 1. The SMILES string of the molecule is CC(Nc1ccc2c(n1)CCC2)C(=O)N1CCCC1. The van der Waals surface area contributed by atoms with Crippen molar-refractivity contribution in [3.05, 3.63) is 23.4 Å². The van der Waals surface area contributed by atoms with E-state index in [4.69, 9.17) is 0 Å². The van der Waals surface area contributed by atoms with Crippen LogP contribution in [-0.4, -0.2) is 34.9 Å².